The van der Waals surface area contributed by atoms with E-state index < -0.39 is 0 Å². The number of fused-ring (bicyclic) bond motifs is 2. The average molecular weight is 297 g/mol. The van der Waals surface area contributed by atoms with Crippen molar-refractivity contribution in [1.29, 1.82) is 0 Å². The third-order valence-electron chi connectivity index (χ3n) is 4.22. The van der Waals surface area contributed by atoms with Crippen molar-refractivity contribution in [1.82, 2.24) is 15.3 Å². The number of aromatic amines is 1. The van der Waals surface area contributed by atoms with Gasteiger partial charge in [-0.3, -0.25) is 5.32 Å². The molecule has 2 aromatic heterocycles. The minimum absolute atomic E-state index is 0.0135. The third-order valence-corrected chi connectivity index (χ3v) is 5.69. The molecule has 0 radical (unpaired) electrons. The molecule has 1 aromatic carbocycles. The quantitative estimate of drug-likeness (QED) is 0.700. The van der Waals surface area contributed by atoms with Gasteiger partial charge in [0, 0.05) is 16.0 Å². The third kappa shape index (κ3) is 1.86. The zero-order chi connectivity index (χ0) is 14.8. The van der Waals surface area contributed by atoms with Gasteiger partial charge in [-0.1, -0.05) is 12.1 Å². The number of para-hydroxylation sites is 2. The molecule has 1 aliphatic heterocycles. The van der Waals surface area contributed by atoms with Crippen molar-refractivity contribution in [2.24, 2.45) is 0 Å². The van der Waals surface area contributed by atoms with Crippen LogP contribution in [0.3, 0.4) is 0 Å². The number of hydrogen-bond acceptors (Lipinski definition) is 3. The van der Waals surface area contributed by atoms with Gasteiger partial charge in [0.1, 0.15) is 5.82 Å². The number of H-pyrrole nitrogens is 1. The summed E-state index contributed by atoms with van der Waals surface area (Å²) < 4.78 is 0. The largest absolute Gasteiger partial charge is 0.337 e. The topological polar surface area (TPSA) is 40.7 Å². The Kier molecular flexibility index (Phi) is 2.46. The summed E-state index contributed by atoms with van der Waals surface area (Å²) in [7, 11) is 0. The molecule has 4 heteroatoms. The fourth-order valence-corrected chi connectivity index (χ4v) is 4.73. The van der Waals surface area contributed by atoms with E-state index in [2.05, 4.69) is 50.1 Å². The molecular formula is C17H19N3S. The fourth-order valence-electron chi connectivity index (χ4n) is 3.41. The van der Waals surface area contributed by atoms with Crippen LogP contribution >= 0.6 is 11.3 Å². The van der Waals surface area contributed by atoms with Crippen molar-refractivity contribution >= 4 is 22.4 Å². The first kappa shape index (κ1) is 13.0. The fraction of sp³-hybridized carbons (Fsp3) is 0.353. The van der Waals surface area contributed by atoms with Crippen LogP contribution < -0.4 is 5.32 Å². The van der Waals surface area contributed by atoms with Gasteiger partial charge in [0.25, 0.3) is 0 Å². The first-order valence-electron chi connectivity index (χ1n) is 7.26. The molecule has 108 valence electrons. The monoisotopic (exact) mass is 297 g/mol. The van der Waals surface area contributed by atoms with Crippen LogP contribution in [0.15, 0.2) is 30.3 Å². The molecule has 0 atom stereocenters. The lowest BCUT2D eigenvalue weighted by molar-refractivity contribution is 0.321. The molecule has 3 heterocycles. The Morgan fingerprint density at radius 2 is 1.81 bits per heavy atom. The van der Waals surface area contributed by atoms with Crippen LogP contribution in [-0.2, 0) is 11.1 Å². The van der Waals surface area contributed by atoms with Gasteiger partial charge in [-0.2, -0.15) is 0 Å². The first-order chi connectivity index (χ1) is 9.87. The Morgan fingerprint density at radius 1 is 1.05 bits per heavy atom. The molecule has 0 saturated carbocycles. The lowest BCUT2D eigenvalue weighted by Crippen LogP contribution is -2.40. The molecule has 0 aliphatic carbocycles. The smallest absolute Gasteiger partial charge is 0.148 e. The Bertz CT molecular complexity index is 774. The molecule has 3 nitrogen and oxygen atoms in total. The highest BCUT2D eigenvalue weighted by Gasteiger charge is 2.43. The van der Waals surface area contributed by atoms with Gasteiger partial charge in [0.05, 0.1) is 15.9 Å². The Morgan fingerprint density at radius 3 is 2.52 bits per heavy atom. The van der Waals surface area contributed by atoms with E-state index in [-0.39, 0.29) is 11.1 Å². The summed E-state index contributed by atoms with van der Waals surface area (Å²) in [5, 5.41) is 3.70. The van der Waals surface area contributed by atoms with Crippen molar-refractivity contribution in [2.45, 2.75) is 38.8 Å². The Labute approximate surface area is 128 Å². The normalized spacial score (nSPS) is 19.0. The number of rotatable bonds is 1. The lowest BCUT2D eigenvalue weighted by Gasteiger charge is -2.26. The van der Waals surface area contributed by atoms with Crippen molar-refractivity contribution in [2.75, 3.05) is 0 Å². The second-order valence-electron chi connectivity index (χ2n) is 6.83. The van der Waals surface area contributed by atoms with E-state index in [4.69, 9.17) is 4.98 Å². The van der Waals surface area contributed by atoms with E-state index in [9.17, 15) is 0 Å². The molecule has 0 spiro atoms. The standard InChI is InChI=1S/C17H19N3S/c1-16(2)10-9-13(21-14(10)17(3,4)20-16)15-18-11-7-5-6-8-12(11)19-15/h5-9,20H,1-4H3,(H,18,19). The number of nitrogens with one attached hydrogen (secondary N) is 2. The second kappa shape index (κ2) is 3.96. The minimum Gasteiger partial charge on any atom is -0.337 e. The summed E-state index contributed by atoms with van der Waals surface area (Å²) >= 11 is 1.84. The molecule has 1 aliphatic rings. The van der Waals surface area contributed by atoms with E-state index in [1.807, 2.05) is 29.5 Å². The van der Waals surface area contributed by atoms with Crippen LogP contribution in [0.2, 0.25) is 0 Å². The summed E-state index contributed by atoms with van der Waals surface area (Å²) in [5.74, 6) is 0.974. The molecule has 0 bridgehead atoms. The summed E-state index contributed by atoms with van der Waals surface area (Å²) in [5.41, 5.74) is 3.55. The van der Waals surface area contributed by atoms with Gasteiger partial charge < -0.3 is 4.98 Å². The maximum atomic E-state index is 4.73. The van der Waals surface area contributed by atoms with Crippen LogP contribution in [0.25, 0.3) is 21.7 Å². The maximum absolute atomic E-state index is 4.73. The number of hydrogen-bond donors (Lipinski definition) is 2. The highest BCUT2D eigenvalue weighted by Crippen LogP contribution is 2.47. The van der Waals surface area contributed by atoms with Gasteiger partial charge >= 0.3 is 0 Å². The zero-order valence-electron chi connectivity index (χ0n) is 12.7. The van der Waals surface area contributed by atoms with Crippen molar-refractivity contribution < 1.29 is 0 Å². The molecule has 0 unspecified atom stereocenters. The van der Waals surface area contributed by atoms with E-state index in [1.54, 1.807) is 0 Å². The Hall–Kier alpha value is -1.65. The predicted molar refractivity (Wildman–Crippen MR) is 88.6 cm³/mol. The molecule has 2 N–H and O–H groups in total. The molecule has 0 fully saturated rings. The highest BCUT2D eigenvalue weighted by atomic mass is 32.1. The van der Waals surface area contributed by atoms with Crippen LogP contribution in [0.1, 0.15) is 38.1 Å². The lowest BCUT2D eigenvalue weighted by atomic mass is 9.98. The van der Waals surface area contributed by atoms with Gasteiger partial charge in [0.2, 0.25) is 0 Å². The van der Waals surface area contributed by atoms with Gasteiger partial charge in [-0.05, 0) is 51.5 Å². The van der Waals surface area contributed by atoms with Crippen LogP contribution in [0.5, 0.6) is 0 Å². The molecule has 0 amide bonds. The number of aromatic nitrogens is 2. The summed E-state index contributed by atoms with van der Waals surface area (Å²) in [6.45, 7) is 8.99. The zero-order valence-corrected chi connectivity index (χ0v) is 13.6. The molecule has 0 saturated heterocycles. The number of benzene rings is 1. The minimum atomic E-state index is 0.0135. The number of imidazole rings is 1. The summed E-state index contributed by atoms with van der Waals surface area (Å²) in [4.78, 5) is 10.8. The summed E-state index contributed by atoms with van der Waals surface area (Å²) in [6.07, 6.45) is 0. The molecule has 21 heavy (non-hydrogen) atoms. The SMILES string of the molecule is CC1(C)NC(C)(C)c2sc(-c3nc4ccccc4[nH]3)cc21. The second-order valence-corrected chi connectivity index (χ2v) is 7.88. The molecule has 3 aromatic rings. The van der Waals surface area contributed by atoms with E-state index in [0.29, 0.717) is 0 Å². The summed E-state index contributed by atoms with van der Waals surface area (Å²) in [6, 6.07) is 10.5. The van der Waals surface area contributed by atoms with Crippen molar-refractivity contribution in [3.05, 3.63) is 40.8 Å². The van der Waals surface area contributed by atoms with E-state index in [0.717, 1.165) is 16.9 Å². The van der Waals surface area contributed by atoms with Gasteiger partial charge in [-0.15, -0.1) is 11.3 Å². The number of thiophene rings is 1. The van der Waals surface area contributed by atoms with Crippen LogP contribution in [0, 0.1) is 0 Å². The maximum Gasteiger partial charge on any atom is 0.148 e. The molecule has 4 rings (SSSR count). The average Bonchev–Trinajstić information content (AvgIpc) is 3.05. The van der Waals surface area contributed by atoms with E-state index in [1.165, 1.54) is 15.3 Å². The van der Waals surface area contributed by atoms with Gasteiger partial charge in [0.15, 0.2) is 0 Å². The number of nitrogens with zero attached hydrogens (tertiary/aromatic N) is 1. The van der Waals surface area contributed by atoms with Crippen molar-refractivity contribution in [3.8, 4) is 10.7 Å². The van der Waals surface area contributed by atoms with Crippen LogP contribution in [0.4, 0.5) is 0 Å². The van der Waals surface area contributed by atoms with Crippen LogP contribution in [-0.4, -0.2) is 9.97 Å². The highest BCUT2D eigenvalue weighted by molar-refractivity contribution is 7.15. The Balaban J connectivity index is 1.88. The van der Waals surface area contributed by atoms with Gasteiger partial charge in [-0.25, -0.2) is 4.98 Å². The first-order valence-corrected chi connectivity index (χ1v) is 8.08. The molecular weight excluding hydrogens is 278 g/mol. The predicted octanol–water partition coefficient (Wildman–Crippen LogP) is 4.36. The van der Waals surface area contributed by atoms with Crippen molar-refractivity contribution in [3.63, 3.8) is 0 Å². The van der Waals surface area contributed by atoms with E-state index >= 15 is 0 Å².